The van der Waals surface area contributed by atoms with Crippen LogP contribution in [-0.2, 0) is 9.53 Å². The summed E-state index contributed by atoms with van der Waals surface area (Å²) in [5, 5.41) is 13.9. The van der Waals surface area contributed by atoms with Crippen LogP contribution in [-0.4, -0.2) is 94.0 Å². The van der Waals surface area contributed by atoms with Crippen molar-refractivity contribution >= 4 is 18.2 Å². The Bertz CT molecular complexity index is 595. The van der Waals surface area contributed by atoms with Gasteiger partial charge in [-0.3, -0.25) is 9.69 Å². The number of piperazine rings is 1. The normalized spacial score (nSPS) is 21.8. The van der Waals surface area contributed by atoms with E-state index < -0.39 is 11.8 Å². The second-order valence-electron chi connectivity index (χ2n) is 9.68. The molecule has 178 valence electrons. The highest BCUT2D eigenvalue weighted by atomic mass is 16.6. The first-order chi connectivity index (χ1) is 14.6. The van der Waals surface area contributed by atoms with E-state index >= 15 is 0 Å². The summed E-state index contributed by atoms with van der Waals surface area (Å²) in [5.41, 5.74) is -0.435. The number of piperidine rings is 1. The molecule has 0 aromatic rings. The van der Waals surface area contributed by atoms with Crippen molar-refractivity contribution in [2.75, 3.05) is 39.3 Å². The summed E-state index contributed by atoms with van der Waals surface area (Å²) < 4.78 is 5.49. The molecule has 2 amide bonds. The minimum atomic E-state index is -1.83. The highest BCUT2D eigenvalue weighted by Gasteiger charge is 2.33. The van der Waals surface area contributed by atoms with Crippen molar-refractivity contribution in [1.29, 1.82) is 0 Å². The van der Waals surface area contributed by atoms with E-state index in [1.54, 1.807) is 0 Å². The third-order valence-corrected chi connectivity index (χ3v) is 6.21. The van der Waals surface area contributed by atoms with Gasteiger partial charge in [0.25, 0.3) is 0 Å². The summed E-state index contributed by atoms with van der Waals surface area (Å²) in [7, 11) is 0. The maximum atomic E-state index is 12.7. The number of amides is 2. The molecule has 1 aliphatic carbocycles. The third kappa shape index (κ3) is 8.55. The van der Waals surface area contributed by atoms with Crippen molar-refractivity contribution in [2.45, 2.75) is 77.4 Å². The minimum Gasteiger partial charge on any atom is -0.450 e. The molecule has 3 fully saturated rings. The van der Waals surface area contributed by atoms with Gasteiger partial charge in [-0.05, 0) is 46.5 Å². The van der Waals surface area contributed by atoms with Crippen molar-refractivity contribution in [3.05, 3.63) is 0 Å². The molecule has 9 heteroatoms. The molecule has 0 atom stereocenters. The predicted octanol–water partition coefficient (Wildman–Crippen LogP) is 3.33. The highest BCUT2D eigenvalue weighted by molar-refractivity contribution is 5.79. The molecule has 2 aliphatic heterocycles. The molecule has 2 heterocycles. The molecule has 2 N–H and O–H groups in total. The number of carbonyl (C=O) groups is 3. The topological polar surface area (TPSA) is 111 Å². The molecule has 3 rings (SSSR count). The van der Waals surface area contributed by atoms with E-state index in [2.05, 4.69) is 9.80 Å². The third-order valence-electron chi connectivity index (χ3n) is 6.21. The lowest BCUT2D eigenvalue weighted by Crippen LogP contribution is -2.55. The average Bonchev–Trinajstić information content (AvgIpc) is 2.72. The summed E-state index contributed by atoms with van der Waals surface area (Å²) in [6, 6.07) is 0.524. The van der Waals surface area contributed by atoms with Gasteiger partial charge in [0.1, 0.15) is 5.60 Å². The van der Waals surface area contributed by atoms with E-state index in [4.69, 9.17) is 19.7 Å². The number of hydrogen-bond donors (Lipinski definition) is 2. The molecule has 9 nitrogen and oxygen atoms in total. The fourth-order valence-corrected chi connectivity index (χ4v) is 4.66. The van der Waals surface area contributed by atoms with E-state index in [1.807, 2.05) is 25.7 Å². The van der Waals surface area contributed by atoms with E-state index in [-0.39, 0.29) is 12.0 Å². The molecule has 2 saturated heterocycles. The number of carbonyl (C=O) groups excluding carboxylic acids is 2. The van der Waals surface area contributed by atoms with Gasteiger partial charge >= 0.3 is 12.2 Å². The molecule has 0 spiro atoms. The second-order valence-corrected chi connectivity index (χ2v) is 9.68. The van der Waals surface area contributed by atoms with Crippen molar-refractivity contribution in [3.8, 4) is 0 Å². The van der Waals surface area contributed by atoms with Gasteiger partial charge in [0.05, 0.1) is 0 Å². The first-order valence-electron chi connectivity index (χ1n) is 11.5. The summed E-state index contributed by atoms with van der Waals surface area (Å²) in [6.45, 7) is 10.9. The summed E-state index contributed by atoms with van der Waals surface area (Å²) in [5.74, 6) is 0.677. The summed E-state index contributed by atoms with van der Waals surface area (Å²) >= 11 is 0. The van der Waals surface area contributed by atoms with Crippen LogP contribution in [0.15, 0.2) is 0 Å². The number of hydrogen-bond acceptors (Lipinski definition) is 5. The number of likely N-dealkylation sites (tertiary alicyclic amines) is 1. The fourth-order valence-electron chi connectivity index (χ4n) is 4.66. The van der Waals surface area contributed by atoms with Crippen LogP contribution in [0, 0.1) is 5.92 Å². The summed E-state index contributed by atoms with van der Waals surface area (Å²) in [4.78, 5) is 39.9. The van der Waals surface area contributed by atoms with E-state index in [1.165, 1.54) is 19.3 Å². The Morgan fingerprint density at radius 3 is 1.77 bits per heavy atom. The molecular weight excluding hydrogens is 402 g/mol. The van der Waals surface area contributed by atoms with Crippen LogP contribution in [0.1, 0.15) is 65.7 Å². The lowest BCUT2D eigenvalue weighted by molar-refractivity contribution is -0.138. The van der Waals surface area contributed by atoms with Gasteiger partial charge in [-0.25, -0.2) is 9.59 Å². The molecule has 3 aliphatic rings. The van der Waals surface area contributed by atoms with Crippen LogP contribution in [0.4, 0.5) is 9.59 Å². The van der Waals surface area contributed by atoms with Gasteiger partial charge in [-0.2, -0.15) is 0 Å². The van der Waals surface area contributed by atoms with Crippen LogP contribution in [0.2, 0.25) is 0 Å². The Labute approximate surface area is 185 Å². The molecular formula is C22H39N3O6. The smallest absolute Gasteiger partial charge is 0.450 e. The lowest BCUT2D eigenvalue weighted by atomic mass is 9.88. The van der Waals surface area contributed by atoms with Gasteiger partial charge < -0.3 is 24.7 Å². The number of nitrogens with zero attached hydrogens (tertiary/aromatic N) is 3. The van der Waals surface area contributed by atoms with E-state index in [0.717, 1.165) is 65.0 Å². The standard InChI is InChI=1S/C21H37N3O3.CH2O3/c1-21(2,3)27-20(26)24-11-9-18(10-12-24)22-13-15-23(16-14-22)19(25)17-7-5-4-6-8-17;2-1(3)4/h17-18H,4-16H2,1-3H3;(H2,2,3,4). The Hall–Kier alpha value is -2.03. The SMILES string of the molecule is CC(C)(C)OC(=O)N1CCC(N2CCN(C(=O)C3CCCCC3)CC2)CC1.O=C(O)O. The van der Waals surface area contributed by atoms with E-state index in [0.29, 0.717) is 11.9 Å². The minimum absolute atomic E-state index is 0.191. The maximum Gasteiger partial charge on any atom is 0.503 e. The van der Waals surface area contributed by atoms with Gasteiger partial charge in [0.15, 0.2) is 0 Å². The van der Waals surface area contributed by atoms with Crippen LogP contribution in [0.5, 0.6) is 0 Å². The molecule has 1 saturated carbocycles. The Morgan fingerprint density at radius 2 is 1.29 bits per heavy atom. The van der Waals surface area contributed by atoms with Crippen LogP contribution in [0.25, 0.3) is 0 Å². The number of carboxylic acid groups (broad SMARTS) is 2. The molecule has 0 bridgehead atoms. The van der Waals surface area contributed by atoms with Gasteiger partial charge in [-0.15, -0.1) is 0 Å². The zero-order valence-corrected chi connectivity index (χ0v) is 19.2. The monoisotopic (exact) mass is 441 g/mol. The first kappa shape index (κ1) is 25.2. The second kappa shape index (κ2) is 11.5. The molecule has 0 aromatic heterocycles. The van der Waals surface area contributed by atoms with Gasteiger partial charge in [0.2, 0.25) is 5.91 Å². The fraction of sp³-hybridized carbons (Fsp3) is 0.864. The quantitative estimate of drug-likeness (QED) is 0.676. The molecule has 0 unspecified atom stereocenters. The molecule has 0 radical (unpaired) electrons. The van der Waals surface area contributed by atoms with Crippen molar-refractivity contribution in [2.24, 2.45) is 5.92 Å². The van der Waals surface area contributed by atoms with Gasteiger partial charge in [-0.1, -0.05) is 19.3 Å². The van der Waals surface area contributed by atoms with Crippen molar-refractivity contribution in [3.63, 3.8) is 0 Å². The molecule has 0 aromatic carbocycles. The van der Waals surface area contributed by atoms with Crippen LogP contribution >= 0.6 is 0 Å². The molecule has 31 heavy (non-hydrogen) atoms. The Kier molecular flexibility index (Phi) is 9.40. The first-order valence-corrected chi connectivity index (χ1v) is 11.5. The number of ether oxygens (including phenoxy) is 1. The lowest BCUT2D eigenvalue weighted by Gasteiger charge is -2.43. The number of rotatable bonds is 2. The maximum absolute atomic E-state index is 12.7. The van der Waals surface area contributed by atoms with Crippen molar-refractivity contribution < 1.29 is 29.3 Å². The highest BCUT2D eigenvalue weighted by Crippen LogP contribution is 2.26. The zero-order valence-electron chi connectivity index (χ0n) is 19.2. The van der Waals surface area contributed by atoms with Crippen molar-refractivity contribution in [1.82, 2.24) is 14.7 Å². The zero-order chi connectivity index (χ0) is 23.0. The largest absolute Gasteiger partial charge is 0.503 e. The van der Waals surface area contributed by atoms with Crippen LogP contribution < -0.4 is 0 Å². The summed E-state index contributed by atoms with van der Waals surface area (Å²) in [6.07, 6.45) is 5.86. The van der Waals surface area contributed by atoms with Crippen LogP contribution in [0.3, 0.4) is 0 Å². The Morgan fingerprint density at radius 1 is 0.774 bits per heavy atom. The van der Waals surface area contributed by atoms with Gasteiger partial charge in [0, 0.05) is 51.2 Å². The average molecular weight is 442 g/mol. The predicted molar refractivity (Wildman–Crippen MR) is 116 cm³/mol. The van der Waals surface area contributed by atoms with E-state index in [9.17, 15) is 9.59 Å². The Balaban J connectivity index is 0.000000785.